The van der Waals surface area contributed by atoms with Gasteiger partial charge in [0, 0.05) is 17.7 Å². The van der Waals surface area contributed by atoms with Crippen molar-refractivity contribution in [3.8, 4) is 5.75 Å². The van der Waals surface area contributed by atoms with E-state index < -0.39 is 12.0 Å². The highest BCUT2D eigenvalue weighted by Gasteiger charge is 2.38. The number of fused-ring (bicyclic) bond motifs is 2. The largest absolute Gasteiger partial charge is 0.494 e. The van der Waals surface area contributed by atoms with E-state index in [-0.39, 0.29) is 28.2 Å². The van der Waals surface area contributed by atoms with Crippen molar-refractivity contribution in [3.05, 3.63) is 121 Å². The molecule has 2 aliphatic rings. The number of carbonyl (C=O) groups is 2. The number of thiazole rings is 1. The number of benzene rings is 3. The summed E-state index contributed by atoms with van der Waals surface area (Å²) in [5, 5.41) is 0. The summed E-state index contributed by atoms with van der Waals surface area (Å²) >= 11 is 1.16. The Morgan fingerprint density at radius 3 is 2.31 bits per heavy atom. The second kappa shape index (κ2) is 11.3. The van der Waals surface area contributed by atoms with Crippen LogP contribution in [0, 0.1) is 0 Å². The van der Waals surface area contributed by atoms with E-state index in [2.05, 4.69) is 0 Å². The lowest BCUT2D eigenvalue weighted by molar-refractivity contribution is -0.138. The first-order valence-corrected chi connectivity index (χ1v) is 14.7. The number of carbonyl (C=O) groups excluding carboxylic acids is 2. The third-order valence-corrected chi connectivity index (χ3v) is 8.38. The lowest BCUT2D eigenvalue weighted by Gasteiger charge is -2.26. The molecule has 1 aromatic heterocycles. The summed E-state index contributed by atoms with van der Waals surface area (Å²) in [6.07, 6.45) is 0. The van der Waals surface area contributed by atoms with Gasteiger partial charge < -0.3 is 14.4 Å². The minimum Gasteiger partial charge on any atom is -0.494 e. The van der Waals surface area contributed by atoms with Crippen LogP contribution >= 0.6 is 11.3 Å². The normalized spacial score (nSPS) is 17.1. The van der Waals surface area contributed by atoms with Gasteiger partial charge in [-0.15, -0.1) is 0 Å². The molecule has 0 unspecified atom stereocenters. The number of para-hydroxylation sites is 1. The number of hydrogen-bond donors (Lipinski definition) is 0. The molecule has 0 spiro atoms. The number of aromatic nitrogens is 1. The summed E-state index contributed by atoms with van der Waals surface area (Å²) in [7, 11) is 0. The molecule has 0 radical (unpaired) electrons. The van der Waals surface area contributed by atoms with Gasteiger partial charge in [0.1, 0.15) is 10.3 Å². The first kappa shape index (κ1) is 27.4. The van der Waals surface area contributed by atoms with Gasteiger partial charge in [0.15, 0.2) is 4.80 Å². The van der Waals surface area contributed by atoms with Crippen molar-refractivity contribution in [3.63, 3.8) is 0 Å². The fraction of sp³-hybridized carbons (Fsp3) is 0.212. The monoisotopic (exact) mass is 579 g/mol. The Kier molecular flexibility index (Phi) is 7.34. The maximum absolute atomic E-state index is 14.4. The molecule has 4 aromatic rings. The van der Waals surface area contributed by atoms with Crippen LogP contribution in [0.3, 0.4) is 0 Å². The highest BCUT2D eigenvalue weighted by atomic mass is 32.1. The zero-order valence-corrected chi connectivity index (χ0v) is 24.3. The van der Waals surface area contributed by atoms with E-state index in [9.17, 15) is 14.4 Å². The maximum Gasteiger partial charge on any atom is 0.338 e. The highest BCUT2D eigenvalue weighted by molar-refractivity contribution is 7.07. The summed E-state index contributed by atoms with van der Waals surface area (Å²) in [5.41, 5.74) is 3.54. The van der Waals surface area contributed by atoms with E-state index in [1.807, 2.05) is 92.7 Å². The Labute approximate surface area is 246 Å². The molecule has 0 bridgehead atoms. The molecule has 0 saturated heterocycles. The van der Waals surface area contributed by atoms with Crippen LogP contribution in [-0.2, 0) is 14.3 Å². The summed E-state index contributed by atoms with van der Waals surface area (Å²) < 4.78 is 13.0. The number of hydrogen-bond acceptors (Lipinski definition) is 7. The molecule has 2 aliphatic heterocycles. The first-order chi connectivity index (χ1) is 20.5. The van der Waals surface area contributed by atoms with Gasteiger partial charge in [-0.2, -0.15) is 0 Å². The number of anilines is 1. The fourth-order valence-corrected chi connectivity index (χ4v) is 6.62. The molecule has 3 heterocycles. The summed E-state index contributed by atoms with van der Waals surface area (Å²) in [6.45, 7) is 6.69. The van der Waals surface area contributed by atoms with Crippen LogP contribution in [0.15, 0.2) is 94.2 Å². The zero-order chi connectivity index (χ0) is 29.4. The number of amides is 1. The first-order valence-electron chi connectivity index (χ1n) is 13.9. The average Bonchev–Trinajstić information content (AvgIpc) is 3.49. The smallest absolute Gasteiger partial charge is 0.338 e. The van der Waals surface area contributed by atoms with E-state index in [4.69, 9.17) is 14.5 Å². The zero-order valence-electron chi connectivity index (χ0n) is 23.5. The van der Waals surface area contributed by atoms with Crippen molar-refractivity contribution in [1.29, 1.82) is 0 Å². The highest BCUT2D eigenvalue weighted by Crippen LogP contribution is 2.37. The number of likely N-dealkylation sites (N-methyl/N-ethyl adjacent to an activating group) is 1. The van der Waals surface area contributed by atoms with Crippen LogP contribution < -0.4 is 24.5 Å². The van der Waals surface area contributed by atoms with Crippen molar-refractivity contribution in [2.75, 3.05) is 24.7 Å². The molecule has 3 aromatic carbocycles. The molecule has 212 valence electrons. The third kappa shape index (κ3) is 4.46. The van der Waals surface area contributed by atoms with Gasteiger partial charge in [0.2, 0.25) is 0 Å². The lowest BCUT2D eigenvalue weighted by Crippen LogP contribution is -2.41. The van der Waals surface area contributed by atoms with E-state index in [1.54, 1.807) is 11.8 Å². The molecular weight excluding hydrogens is 550 g/mol. The van der Waals surface area contributed by atoms with E-state index >= 15 is 0 Å². The van der Waals surface area contributed by atoms with Crippen molar-refractivity contribution in [2.45, 2.75) is 26.8 Å². The lowest BCUT2D eigenvalue weighted by atomic mass is 9.93. The molecule has 8 nitrogen and oxygen atoms in total. The molecule has 0 N–H and O–H groups in total. The Hall–Kier alpha value is -4.76. The topological polar surface area (TPSA) is 90.2 Å². The van der Waals surface area contributed by atoms with Crippen molar-refractivity contribution in [1.82, 2.24) is 4.57 Å². The standard InChI is InChI=1S/C33H29N3O5S/c1-4-35-24-15-11-10-14-23(24)25(30(35)37)29-31(38)36-28(21-16-18-22(19-17-21)40-5-2)26(32(39)41-6-3)27(34-33(36)42-29)20-12-8-7-9-13-20/h7-19,28H,4-6H2,1-3H3/b29-25-/t28-/m1/s1. The summed E-state index contributed by atoms with van der Waals surface area (Å²) in [4.78, 5) is 48.7. The van der Waals surface area contributed by atoms with Crippen LogP contribution in [0.25, 0.3) is 11.3 Å². The van der Waals surface area contributed by atoms with E-state index in [0.717, 1.165) is 22.6 Å². The fourth-order valence-electron chi connectivity index (χ4n) is 5.53. The summed E-state index contributed by atoms with van der Waals surface area (Å²) in [5.74, 6) is -0.112. The van der Waals surface area contributed by atoms with Gasteiger partial charge in [0.25, 0.3) is 11.5 Å². The van der Waals surface area contributed by atoms with Crippen LogP contribution in [0.5, 0.6) is 5.75 Å². The number of esters is 1. The van der Waals surface area contributed by atoms with Crippen LogP contribution in [-0.4, -0.2) is 36.2 Å². The van der Waals surface area contributed by atoms with Crippen LogP contribution in [0.4, 0.5) is 5.69 Å². The number of rotatable bonds is 7. The van der Waals surface area contributed by atoms with Crippen LogP contribution in [0.1, 0.15) is 43.5 Å². The number of ether oxygens (including phenoxy) is 2. The van der Waals surface area contributed by atoms with Gasteiger partial charge in [-0.05, 0) is 44.5 Å². The van der Waals surface area contributed by atoms with Gasteiger partial charge in [0.05, 0.1) is 41.8 Å². The Morgan fingerprint density at radius 1 is 0.905 bits per heavy atom. The molecule has 0 fully saturated rings. The number of nitrogens with zero attached hydrogens (tertiary/aromatic N) is 3. The summed E-state index contributed by atoms with van der Waals surface area (Å²) in [6, 6.07) is 23.4. The quantitative estimate of drug-likeness (QED) is 0.308. The molecule has 9 heteroatoms. The van der Waals surface area contributed by atoms with Crippen molar-refractivity contribution in [2.24, 2.45) is 4.99 Å². The van der Waals surface area contributed by atoms with Gasteiger partial charge >= 0.3 is 5.97 Å². The molecule has 6 rings (SSSR count). The van der Waals surface area contributed by atoms with Crippen molar-refractivity contribution >= 4 is 40.2 Å². The minimum atomic E-state index is -0.838. The van der Waals surface area contributed by atoms with Gasteiger partial charge in [-0.1, -0.05) is 72.0 Å². The van der Waals surface area contributed by atoms with Crippen molar-refractivity contribution < 1.29 is 19.1 Å². The Balaban J connectivity index is 1.69. The third-order valence-electron chi connectivity index (χ3n) is 7.32. The Morgan fingerprint density at radius 2 is 1.62 bits per heavy atom. The minimum absolute atomic E-state index is 0.160. The second-order valence-corrected chi connectivity index (χ2v) is 10.7. The molecular formula is C33H29N3O5S. The van der Waals surface area contributed by atoms with Crippen LogP contribution in [0.2, 0.25) is 0 Å². The second-order valence-electron chi connectivity index (χ2n) is 9.70. The predicted molar refractivity (Wildman–Crippen MR) is 162 cm³/mol. The average molecular weight is 580 g/mol. The SMILES string of the molecule is CCOC(=O)C1=C(c2ccccc2)N=c2s/c(=C3\C(=O)N(CC)c4ccccc43)c(=O)n2[C@@H]1c1ccc(OCC)cc1. The van der Waals surface area contributed by atoms with Gasteiger partial charge in [-0.3, -0.25) is 14.2 Å². The molecule has 0 saturated carbocycles. The molecule has 1 atom stereocenters. The van der Waals surface area contributed by atoms with Gasteiger partial charge in [-0.25, -0.2) is 9.79 Å². The van der Waals surface area contributed by atoms with E-state index in [1.165, 1.54) is 4.57 Å². The molecule has 1 amide bonds. The Bertz CT molecular complexity index is 1910. The predicted octanol–water partition coefficient (Wildman–Crippen LogP) is 4.07. The molecule has 42 heavy (non-hydrogen) atoms. The molecule has 0 aliphatic carbocycles. The van der Waals surface area contributed by atoms with E-state index in [0.29, 0.717) is 46.1 Å². The maximum atomic E-state index is 14.4.